The number of carbonyl (C=O) groups is 1. The number of nitrogens with zero attached hydrogens (tertiary/aromatic N) is 1. The number of hydrogen-bond donors (Lipinski definition) is 2. The molecule has 2 N–H and O–H groups in total. The average molecular weight is 316 g/mol. The third-order valence-corrected chi connectivity index (χ3v) is 2.64. The molecule has 0 aliphatic carbocycles. The standard InChI is InChI=1S/C6H3ClFIN2O2/c7-4-2(9)1-3(10-5(4)8)11-6(12)13/h1H,(H,10,11)(H,12,13). The smallest absolute Gasteiger partial charge is 0.410 e. The molecule has 0 saturated heterocycles. The highest BCUT2D eigenvalue weighted by Crippen LogP contribution is 2.22. The van der Waals surface area contributed by atoms with E-state index in [2.05, 4.69) is 4.98 Å². The van der Waals surface area contributed by atoms with Crippen LogP contribution in [0.3, 0.4) is 0 Å². The first-order valence-electron chi connectivity index (χ1n) is 3.02. The summed E-state index contributed by atoms with van der Waals surface area (Å²) in [5.41, 5.74) is 0. The van der Waals surface area contributed by atoms with Gasteiger partial charge in [0, 0.05) is 3.57 Å². The number of pyridine rings is 1. The molecule has 0 unspecified atom stereocenters. The predicted molar refractivity (Wildman–Crippen MR) is 53.6 cm³/mol. The summed E-state index contributed by atoms with van der Waals surface area (Å²) in [4.78, 5) is 13.4. The monoisotopic (exact) mass is 316 g/mol. The van der Waals surface area contributed by atoms with E-state index in [4.69, 9.17) is 16.7 Å². The second-order valence-corrected chi connectivity index (χ2v) is 3.56. The quantitative estimate of drug-likeness (QED) is 0.618. The van der Waals surface area contributed by atoms with Crippen LogP contribution in [-0.4, -0.2) is 16.2 Å². The topological polar surface area (TPSA) is 62.2 Å². The number of hydrogen-bond acceptors (Lipinski definition) is 2. The summed E-state index contributed by atoms with van der Waals surface area (Å²) in [6, 6.07) is 1.33. The van der Waals surface area contributed by atoms with Crippen LogP contribution < -0.4 is 5.32 Å². The first-order chi connectivity index (χ1) is 6.00. The number of aromatic nitrogens is 1. The number of amides is 1. The number of halogens is 3. The third kappa shape index (κ3) is 2.66. The van der Waals surface area contributed by atoms with Crippen molar-refractivity contribution in [1.29, 1.82) is 0 Å². The van der Waals surface area contributed by atoms with E-state index in [0.717, 1.165) is 0 Å². The van der Waals surface area contributed by atoms with Crippen molar-refractivity contribution in [2.45, 2.75) is 0 Å². The van der Waals surface area contributed by atoms with E-state index in [1.165, 1.54) is 6.07 Å². The minimum Gasteiger partial charge on any atom is -0.465 e. The zero-order valence-electron chi connectivity index (χ0n) is 6.01. The van der Waals surface area contributed by atoms with Gasteiger partial charge in [-0.05, 0) is 28.7 Å². The molecule has 0 aliphatic heterocycles. The molecule has 0 atom stereocenters. The van der Waals surface area contributed by atoms with Gasteiger partial charge in [0.1, 0.15) is 10.8 Å². The molecule has 0 fully saturated rings. The summed E-state index contributed by atoms with van der Waals surface area (Å²) in [5, 5.41) is 10.1. The van der Waals surface area contributed by atoms with Crippen LogP contribution in [0.5, 0.6) is 0 Å². The Morgan fingerprint density at radius 3 is 2.85 bits per heavy atom. The van der Waals surface area contributed by atoms with Crippen LogP contribution in [0.15, 0.2) is 6.07 Å². The van der Waals surface area contributed by atoms with Gasteiger partial charge in [-0.2, -0.15) is 4.39 Å². The summed E-state index contributed by atoms with van der Waals surface area (Å²) in [6.07, 6.45) is -1.30. The summed E-state index contributed by atoms with van der Waals surface area (Å²) >= 11 is 7.24. The lowest BCUT2D eigenvalue weighted by molar-refractivity contribution is 0.209. The fourth-order valence-corrected chi connectivity index (χ4v) is 1.26. The van der Waals surface area contributed by atoms with Crippen LogP contribution >= 0.6 is 34.2 Å². The maximum atomic E-state index is 12.8. The number of anilines is 1. The van der Waals surface area contributed by atoms with Crippen LogP contribution in [0.2, 0.25) is 5.02 Å². The van der Waals surface area contributed by atoms with E-state index in [1.807, 2.05) is 5.32 Å². The Bertz CT molecular complexity index is 337. The van der Waals surface area contributed by atoms with Crippen molar-refractivity contribution in [3.05, 3.63) is 20.6 Å². The van der Waals surface area contributed by atoms with Gasteiger partial charge in [0.2, 0.25) is 5.95 Å². The second-order valence-electron chi connectivity index (χ2n) is 2.02. The van der Waals surface area contributed by atoms with Crippen LogP contribution in [0.4, 0.5) is 15.0 Å². The van der Waals surface area contributed by atoms with Gasteiger partial charge in [0.15, 0.2) is 0 Å². The summed E-state index contributed by atoms with van der Waals surface area (Å²) in [7, 11) is 0. The highest BCUT2D eigenvalue weighted by Gasteiger charge is 2.09. The zero-order valence-corrected chi connectivity index (χ0v) is 8.93. The van der Waals surface area contributed by atoms with Crippen molar-refractivity contribution in [3.63, 3.8) is 0 Å². The summed E-state index contributed by atoms with van der Waals surface area (Å²) < 4.78 is 13.2. The number of rotatable bonds is 1. The third-order valence-electron chi connectivity index (χ3n) is 1.11. The zero-order chi connectivity index (χ0) is 10.0. The van der Waals surface area contributed by atoms with Crippen LogP contribution in [0.1, 0.15) is 0 Å². The maximum Gasteiger partial charge on any atom is 0.410 e. The minimum atomic E-state index is -1.30. The van der Waals surface area contributed by atoms with Gasteiger partial charge in [-0.15, -0.1) is 0 Å². The first-order valence-corrected chi connectivity index (χ1v) is 4.48. The molecule has 7 heteroatoms. The molecule has 1 aromatic heterocycles. The van der Waals surface area contributed by atoms with Crippen LogP contribution in [0, 0.1) is 9.52 Å². The Balaban J connectivity index is 3.06. The largest absolute Gasteiger partial charge is 0.465 e. The van der Waals surface area contributed by atoms with Gasteiger partial charge < -0.3 is 5.11 Å². The Hall–Kier alpha value is -0.630. The van der Waals surface area contributed by atoms with E-state index < -0.39 is 12.0 Å². The normalized spacial score (nSPS) is 9.77. The van der Waals surface area contributed by atoms with Gasteiger partial charge >= 0.3 is 6.09 Å². The fourth-order valence-electron chi connectivity index (χ4n) is 0.643. The lowest BCUT2D eigenvalue weighted by atomic mass is 10.4. The van der Waals surface area contributed by atoms with Crippen LogP contribution in [0.25, 0.3) is 0 Å². The molecule has 0 radical (unpaired) electrons. The molecule has 13 heavy (non-hydrogen) atoms. The van der Waals surface area contributed by atoms with Crippen molar-refractivity contribution in [1.82, 2.24) is 4.98 Å². The van der Waals surface area contributed by atoms with Gasteiger partial charge in [0.05, 0.1) is 0 Å². The van der Waals surface area contributed by atoms with E-state index in [-0.39, 0.29) is 10.8 Å². The van der Waals surface area contributed by atoms with E-state index >= 15 is 0 Å². The molecule has 4 nitrogen and oxygen atoms in total. The summed E-state index contributed by atoms with van der Waals surface area (Å²) in [5.74, 6) is -0.976. The summed E-state index contributed by atoms with van der Waals surface area (Å²) in [6.45, 7) is 0. The van der Waals surface area contributed by atoms with Gasteiger partial charge in [-0.1, -0.05) is 11.6 Å². The molecule has 1 rings (SSSR count). The van der Waals surface area contributed by atoms with Gasteiger partial charge in [-0.25, -0.2) is 9.78 Å². The highest BCUT2D eigenvalue weighted by atomic mass is 127. The van der Waals surface area contributed by atoms with Crippen molar-refractivity contribution < 1.29 is 14.3 Å². The maximum absolute atomic E-state index is 12.8. The molecule has 0 aromatic carbocycles. The van der Waals surface area contributed by atoms with Crippen molar-refractivity contribution >= 4 is 46.1 Å². The van der Waals surface area contributed by atoms with Gasteiger partial charge in [0.25, 0.3) is 0 Å². The fraction of sp³-hybridized carbons (Fsp3) is 0. The average Bonchev–Trinajstić information content (AvgIpc) is 1.98. The number of carboxylic acid groups (broad SMARTS) is 1. The lowest BCUT2D eigenvalue weighted by Gasteiger charge is -2.02. The molecular weight excluding hydrogens is 313 g/mol. The SMILES string of the molecule is O=C(O)Nc1cc(I)c(Cl)c(F)n1. The molecule has 70 valence electrons. The van der Waals surface area contributed by atoms with Gasteiger partial charge in [-0.3, -0.25) is 5.32 Å². The molecule has 0 saturated carbocycles. The first kappa shape index (κ1) is 10.5. The molecular formula is C6H3ClFIN2O2. The van der Waals surface area contributed by atoms with Crippen molar-refractivity contribution in [3.8, 4) is 0 Å². The molecule has 0 spiro atoms. The van der Waals surface area contributed by atoms with Crippen molar-refractivity contribution in [2.24, 2.45) is 0 Å². The second kappa shape index (κ2) is 4.05. The van der Waals surface area contributed by atoms with Crippen LogP contribution in [-0.2, 0) is 0 Å². The Morgan fingerprint density at radius 2 is 2.38 bits per heavy atom. The minimum absolute atomic E-state index is 0.0844. The van der Waals surface area contributed by atoms with E-state index in [0.29, 0.717) is 3.57 Å². The molecule has 1 amide bonds. The Labute approximate surface area is 91.3 Å². The van der Waals surface area contributed by atoms with E-state index in [1.54, 1.807) is 22.6 Å². The lowest BCUT2D eigenvalue weighted by Crippen LogP contribution is -2.09. The van der Waals surface area contributed by atoms with E-state index in [9.17, 15) is 9.18 Å². The predicted octanol–water partition coefficient (Wildman–Crippen LogP) is 2.57. The molecule has 1 aromatic rings. The number of nitrogens with one attached hydrogen (secondary N) is 1. The Morgan fingerprint density at radius 1 is 1.77 bits per heavy atom. The molecule has 0 bridgehead atoms. The highest BCUT2D eigenvalue weighted by molar-refractivity contribution is 14.1. The molecule has 0 aliphatic rings. The molecule has 1 heterocycles. The van der Waals surface area contributed by atoms with Crippen molar-refractivity contribution in [2.75, 3.05) is 5.32 Å². The Kier molecular flexibility index (Phi) is 3.26.